The van der Waals surface area contributed by atoms with Crippen LogP contribution in [0.25, 0.3) is 0 Å². The van der Waals surface area contributed by atoms with Crippen molar-refractivity contribution in [2.75, 3.05) is 24.6 Å². The Bertz CT molecular complexity index is 490. The van der Waals surface area contributed by atoms with Crippen molar-refractivity contribution in [3.05, 3.63) is 23.9 Å². The zero-order valence-electron chi connectivity index (χ0n) is 10.5. The van der Waals surface area contributed by atoms with Crippen LogP contribution in [0.1, 0.15) is 18.5 Å². The highest BCUT2D eigenvalue weighted by Gasteiger charge is 2.21. The average molecular weight is 261 g/mol. The van der Waals surface area contributed by atoms with E-state index in [0.29, 0.717) is 5.69 Å². The molecular formula is C13H15N3O3. The molecular weight excluding hydrogens is 246 g/mol. The summed E-state index contributed by atoms with van der Waals surface area (Å²) in [5.74, 6) is -0.151. The predicted molar refractivity (Wildman–Crippen MR) is 67.8 cm³/mol. The van der Waals surface area contributed by atoms with Gasteiger partial charge in [-0.15, -0.1) is 0 Å². The first kappa shape index (κ1) is 13.3. The van der Waals surface area contributed by atoms with Crippen molar-refractivity contribution in [2.45, 2.75) is 18.9 Å². The fraction of sp³-hybridized carbons (Fsp3) is 0.462. The first-order chi connectivity index (χ1) is 9.19. The topological polar surface area (TPSA) is 86.5 Å². The fourth-order valence-electron chi connectivity index (χ4n) is 2.10. The summed E-state index contributed by atoms with van der Waals surface area (Å²) >= 11 is 0. The lowest BCUT2D eigenvalue weighted by atomic mass is 10.1. The smallest absolute Gasteiger partial charge is 0.329 e. The van der Waals surface area contributed by atoms with Gasteiger partial charge in [0.25, 0.3) is 0 Å². The minimum absolute atomic E-state index is 0.00787. The van der Waals surface area contributed by atoms with Crippen molar-refractivity contribution >= 4 is 11.8 Å². The van der Waals surface area contributed by atoms with Gasteiger partial charge in [0.2, 0.25) is 0 Å². The molecule has 1 saturated heterocycles. The van der Waals surface area contributed by atoms with Gasteiger partial charge < -0.3 is 14.7 Å². The Morgan fingerprint density at radius 3 is 2.89 bits per heavy atom. The van der Waals surface area contributed by atoms with Crippen LogP contribution in [-0.4, -0.2) is 41.9 Å². The van der Waals surface area contributed by atoms with Gasteiger partial charge in [0.05, 0.1) is 6.10 Å². The summed E-state index contributed by atoms with van der Waals surface area (Å²) in [7, 11) is 0. The minimum atomic E-state index is -0.939. The third-order valence-corrected chi connectivity index (χ3v) is 3.06. The normalized spacial score (nSPS) is 16.1. The maximum Gasteiger partial charge on any atom is 0.329 e. The Kier molecular flexibility index (Phi) is 4.31. The van der Waals surface area contributed by atoms with Crippen molar-refractivity contribution < 1.29 is 14.6 Å². The summed E-state index contributed by atoms with van der Waals surface area (Å²) < 4.78 is 5.27. The lowest BCUT2D eigenvalue weighted by molar-refractivity contribution is -0.144. The molecule has 1 aromatic heterocycles. The number of nitrogens with zero attached hydrogens (tertiary/aromatic N) is 3. The average Bonchev–Trinajstić information content (AvgIpc) is 2.45. The largest absolute Gasteiger partial charge is 0.480 e. The van der Waals surface area contributed by atoms with Gasteiger partial charge in [-0.3, -0.25) is 0 Å². The number of carboxylic acids is 1. The number of carboxylic acid groups (broad SMARTS) is 1. The van der Waals surface area contributed by atoms with Gasteiger partial charge in [-0.05, 0) is 25.0 Å². The van der Waals surface area contributed by atoms with Crippen molar-refractivity contribution in [1.29, 1.82) is 5.26 Å². The van der Waals surface area contributed by atoms with Crippen molar-refractivity contribution in [3.8, 4) is 6.07 Å². The van der Waals surface area contributed by atoms with Gasteiger partial charge in [-0.25, -0.2) is 9.78 Å². The number of aliphatic carboxylic acids is 1. The number of piperidine rings is 1. The van der Waals surface area contributed by atoms with Crippen LogP contribution in [0, 0.1) is 11.3 Å². The van der Waals surface area contributed by atoms with Crippen LogP contribution in [0.2, 0.25) is 0 Å². The molecule has 2 heterocycles. The Morgan fingerprint density at radius 2 is 2.26 bits per heavy atom. The molecule has 0 aliphatic carbocycles. The molecule has 1 fully saturated rings. The molecule has 19 heavy (non-hydrogen) atoms. The molecule has 0 atom stereocenters. The second-order valence-electron chi connectivity index (χ2n) is 4.38. The number of ether oxygens (including phenoxy) is 1. The molecule has 6 heteroatoms. The van der Waals surface area contributed by atoms with E-state index in [-0.39, 0.29) is 12.7 Å². The SMILES string of the molecule is N#Cc1cccc(N2CCC(OCC(=O)O)CC2)n1. The van der Waals surface area contributed by atoms with Crippen molar-refractivity contribution in [2.24, 2.45) is 0 Å². The summed E-state index contributed by atoms with van der Waals surface area (Å²) in [6.07, 6.45) is 1.53. The monoisotopic (exact) mass is 261 g/mol. The Labute approximate surface area is 111 Å². The van der Waals surface area contributed by atoms with Gasteiger partial charge in [-0.2, -0.15) is 5.26 Å². The first-order valence-electron chi connectivity index (χ1n) is 6.14. The van der Waals surface area contributed by atoms with E-state index in [1.807, 2.05) is 18.2 Å². The molecule has 0 unspecified atom stereocenters. The number of rotatable bonds is 4. The molecule has 1 aromatic rings. The van der Waals surface area contributed by atoms with Gasteiger partial charge in [-0.1, -0.05) is 6.07 Å². The van der Waals surface area contributed by atoms with E-state index in [1.54, 1.807) is 6.07 Å². The molecule has 0 amide bonds. The fourth-order valence-corrected chi connectivity index (χ4v) is 2.10. The van der Waals surface area contributed by atoms with E-state index < -0.39 is 5.97 Å². The van der Waals surface area contributed by atoms with Crippen LogP contribution in [0.3, 0.4) is 0 Å². The number of nitriles is 1. The molecule has 0 radical (unpaired) electrons. The van der Waals surface area contributed by atoms with Gasteiger partial charge in [0.1, 0.15) is 24.2 Å². The summed E-state index contributed by atoms with van der Waals surface area (Å²) in [5, 5.41) is 17.4. The van der Waals surface area contributed by atoms with Crippen LogP contribution in [0.4, 0.5) is 5.82 Å². The maximum atomic E-state index is 10.4. The molecule has 0 spiro atoms. The number of hydrogen-bond acceptors (Lipinski definition) is 5. The summed E-state index contributed by atoms with van der Waals surface area (Å²) in [6.45, 7) is 1.27. The number of hydrogen-bond donors (Lipinski definition) is 1. The first-order valence-corrected chi connectivity index (χ1v) is 6.14. The molecule has 0 aromatic carbocycles. The molecule has 6 nitrogen and oxygen atoms in total. The quantitative estimate of drug-likeness (QED) is 0.870. The zero-order chi connectivity index (χ0) is 13.7. The lowest BCUT2D eigenvalue weighted by Crippen LogP contribution is -2.38. The molecule has 0 bridgehead atoms. The van der Waals surface area contributed by atoms with Gasteiger partial charge in [0.15, 0.2) is 0 Å². The number of aromatic nitrogens is 1. The maximum absolute atomic E-state index is 10.4. The highest BCUT2D eigenvalue weighted by molar-refractivity contribution is 5.68. The van der Waals surface area contributed by atoms with Crippen LogP contribution in [-0.2, 0) is 9.53 Å². The Hall–Kier alpha value is -2.13. The van der Waals surface area contributed by atoms with Crippen molar-refractivity contribution in [3.63, 3.8) is 0 Å². The number of carbonyl (C=O) groups is 1. The number of pyridine rings is 1. The van der Waals surface area contributed by atoms with E-state index in [0.717, 1.165) is 31.7 Å². The van der Waals surface area contributed by atoms with Crippen LogP contribution in [0.15, 0.2) is 18.2 Å². The standard InChI is InChI=1S/C13H15N3O3/c14-8-10-2-1-3-12(15-10)16-6-4-11(5-7-16)19-9-13(17)18/h1-3,11H,4-7,9H2,(H,17,18). The van der Waals surface area contributed by atoms with Crippen molar-refractivity contribution in [1.82, 2.24) is 4.98 Å². The van der Waals surface area contributed by atoms with Crippen LogP contribution < -0.4 is 4.90 Å². The van der Waals surface area contributed by atoms with E-state index in [4.69, 9.17) is 15.1 Å². The number of anilines is 1. The second kappa shape index (κ2) is 6.16. The third-order valence-electron chi connectivity index (χ3n) is 3.06. The van der Waals surface area contributed by atoms with E-state index in [9.17, 15) is 4.79 Å². The highest BCUT2D eigenvalue weighted by Crippen LogP contribution is 2.19. The highest BCUT2D eigenvalue weighted by atomic mass is 16.5. The lowest BCUT2D eigenvalue weighted by Gasteiger charge is -2.32. The zero-order valence-corrected chi connectivity index (χ0v) is 10.5. The molecule has 1 aliphatic heterocycles. The predicted octanol–water partition coefficient (Wildman–Crippen LogP) is 1.02. The molecule has 1 N–H and O–H groups in total. The third kappa shape index (κ3) is 3.66. The molecule has 2 rings (SSSR count). The van der Waals surface area contributed by atoms with Crippen LogP contribution in [0.5, 0.6) is 0 Å². The Morgan fingerprint density at radius 1 is 1.53 bits per heavy atom. The second-order valence-corrected chi connectivity index (χ2v) is 4.38. The Balaban J connectivity index is 1.89. The van der Waals surface area contributed by atoms with E-state index in [2.05, 4.69) is 9.88 Å². The van der Waals surface area contributed by atoms with E-state index >= 15 is 0 Å². The molecule has 0 saturated carbocycles. The van der Waals surface area contributed by atoms with Gasteiger partial charge in [0, 0.05) is 13.1 Å². The van der Waals surface area contributed by atoms with Gasteiger partial charge >= 0.3 is 5.97 Å². The van der Waals surface area contributed by atoms with Crippen LogP contribution >= 0.6 is 0 Å². The minimum Gasteiger partial charge on any atom is -0.480 e. The molecule has 1 aliphatic rings. The molecule has 100 valence electrons. The van der Waals surface area contributed by atoms with E-state index in [1.165, 1.54) is 0 Å². The summed E-state index contributed by atoms with van der Waals surface area (Å²) in [4.78, 5) is 16.8. The summed E-state index contributed by atoms with van der Waals surface area (Å²) in [6, 6.07) is 7.38. The summed E-state index contributed by atoms with van der Waals surface area (Å²) in [5.41, 5.74) is 0.404.